The lowest BCUT2D eigenvalue weighted by atomic mass is 9.88. The Hall–Kier alpha value is -1.30. The zero-order chi connectivity index (χ0) is 15.0. The van der Waals surface area contributed by atoms with E-state index >= 15 is 0 Å². The molecule has 1 aliphatic carbocycles. The van der Waals surface area contributed by atoms with Gasteiger partial charge in [-0.1, -0.05) is 19.8 Å². The fourth-order valence-electron chi connectivity index (χ4n) is 2.13. The van der Waals surface area contributed by atoms with Crippen LogP contribution < -0.4 is 10.6 Å². The molecule has 0 spiro atoms. The molecule has 1 fully saturated rings. The fourth-order valence-corrected chi connectivity index (χ4v) is 2.13. The van der Waals surface area contributed by atoms with Crippen LogP contribution in [0.2, 0.25) is 0 Å². The van der Waals surface area contributed by atoms with Crippen molar-refractivity contribution in [3.8, 4) is 0 Å². The third kappa shape index (κ3) is 5.36. The Labute approximate surface area is 120 Å². The predicted molar refractivity (Wildman–Crippen MR) is 75.6 cm³/mol. The van der Waals surface area contributed by atoms with Crippen molar-refractivity contribution in [3.63, 3.8) is 0 Å². The molecule has 0 saturated heterocycles. The maximum absolute atomic E-state index is 11.6. The Morgan fingerprint density at radius 2 is 1.95 bits per heavy atom. The summed E-state index contributed by atoms with van der Waals surface area (Å²) in [5, 5.41) is 14.4. The number of carboxylic acid groups (broad SMARTS) is 1. The molecule has 20 heavy (non-hydrogen) atoms. The number of carboxylic acids is 1. The summed E-state index contributed by atoms with van der Waals surface area (Å²) in [6.07, 6.45) is 5.48. The highest BCUT2D eigenvalue weighted by molar-refractivity contribution is 5.77. The predicted octanol–water partition coefficient (Wildman–Crippen LogP) is 1.75. The highest BCUT2D eigenvalue weighted by Crippen LogP contribution is 2.20. The number of ether oxygens (including phenoxy) is 1. The Morgan fingerprint density at radius 3 is 2.50 bits per heavy atom. The van der Waals surface area contributed by atoms with Crippen molar-refractivity contribution in [2.75, 3.05) is 19.7 Å². The van der Waals surface area contributed by atoms with Crippen LogP contribution in [0.1, 0.15) is 46.0 Å². The number of rotatable bonds is 8. The molecule has 0 aromatic carbocycles. The van der Waals surface area contributed by atoms with Gasteiger partial charge in [0.2, 0.25) is 0 Å². The molecule has 0 aliphatic heterocycles. The maximum atomic E-state index is 11.6. The largest absolute Gasteiger partial charge is 0.481 e. The molecule has 2 amide bonds. The van der Waals surface area contributed by atoms with E-state index in [9.17, 15) is 9.59 Å². The van der Waals surface area contributed by atoms with Crippen molar-refractivity contribution in [1.29, 1.82) is 0 Å². The molecule has 1 saturated carbocycles. The van der Waals surface area contributed by atoms with Crippen LogP contribution in [-0.4, -0.2) is 42.9 Å². The van der Waals surface area contributed by atoms with Crippen LogP contribution in [0, 0.1) is 5.41 Å². The molecule has 0 aromatic rings. The summed E-state index contributed by atoms with van der Waals surface area (Å²) < 4.78 is 5.62. The Kier molecular flexibility index (Phi) is 6.78. The van der Waals surface area contributed by atoms with Crippen molar-refractivity contribution in [2.45, 2.75) is 52.1 Å². The quantitative estimate of drug-likeness (QED) is 0.593. The first-order chi connectivity index (χ1) is 9.48. The summed E-state index contributed by atoms with van der Waals surface area (Å²) in [5.74, 6) is -0.898. The molecular formula is C14H26N2O4. The lowest BCUT2D eigenvalue weighted by Crippen LogP contribution is -2.45. The summed E-state index contributed by atoms with van der Waals surface area (Å²) in [5.41, 5.74) is -0.919. The second kappa shape index (κ2) is 8.09. The number of carbonyl (C=O) groups excluding carboxylic acids is 1. The average molecular weight is 286 g/mol. The van der Waals surface area contributed by atoms with Crippen LogP contribution in [-0.2, 0) is 9.53 Å². The number of hydrogen-bond acceptors (Lipinski definition) is 3. The lowest BCUT2D eigenvalue weighted by molar-refractivity contribution is -0.147. The van der Waals surface area contributed by atoms with Gasteiger partial charge in [0, 0.05) is 13.1 Å². The first-order valence-corrected chi connectivity index (χ1v) is 7.34. The highest BCUT2D eigenvalue weighted by atomic mass is 16.5. The third-order valence-corrected chi connectivity index (χ3v) is 3.98. The summed E-state index contributed by atoms with van der Waals surface area (Å²) in [6.45, 7) is 4.48. The minimum absolute atomic E-state index is 0.119. The number of hydrogen-bond donors (Lipinski definition) is 3. The van der Waals surface area contributed by atoms with Crippen molar-refractivity contribution in [1.82, 2.24) is 10.6 Å². The number of aliphatic carboxylic acids is 1. The molecule has 1 aliphatic rings. The molecule has 0 radical (unpaired) electrons. The van der Waals surface area contributed by atoms with Gasteiger partial charge in [-0.2, -0.15) is 0 Å². The van der Waals surface area contributed by atoms with Crippen molar-refractivity contribution < 1.29 is 19.4 Å². The van der Waals surface area contributed by atoms with Gasteiger partial charge >= 0.3 is 12.0 Å². The monoisotopic (exact) mass is 286 g/mol. The molecule has 6 heteroatoms. The molecule has 0 heterocycles. The van der Waals surface area contributed by atoms with E-state index in [1.165, 1.54) is 12.8 Å². The Balaban J connectivity index is 2.12. The van der Waals surface area contributed by atoms with Crippen molar-refractivity contribution >= 4 is 12.0 Å². The van der Waals surface area contributed by atoms with E-state index in [1.54, 1.807) is 13.8 Å². The number of amides is 2. The average Bonchev–Trinajstić information content (AvgIpc) is 2.94. The van der Waals surface area contributed by atoms with Gasteiger partial charge in [0.25, 0.3) is 0 Å². The van der Waals surface area contributed by atoms with Gasteiger partial charge in [0.1, 0.15) is 0 Å². The van der Waals surface area contributed by atoms with Gasteiger partial charge in [-0.3, -0.25) is 4.79 Å². The normalized spacial score (nSPS) is 18.5. The van der Waals surface area contributed by atoms with Crippen molar-refractivity contribution in [2.24, 2.45) is 5.41 Å². The van der Waals surface area contributed by atoms with E-state index in [-0.39, 0.29) is 12.6 Å². The molecule has 0 bridgehead atoms. The van der Waals surface area contributed by atoms with Crippen LogP contribution in [0.25, 0.3) is 0 Å². The van der Waals surface area contributed by atoms with E-state index in [0.717, 1.165) is 12.8 Å². The summed E-state index contributed by atoms with van der Waals surface area (Å²) >= 11 is 0. The fraction of sp³-hybridized carbons (Fsp3) is 0.857. The van der Waals surface area contributed by atoms with Crippen molar-refractivity contribution in [3.05, 3.63) is 0 Å². The van der Waals surface area contributed by atoms with E-state index in [0.29, 0.717) is 25.7 Å². The number of nitrogens with one attached hydrogen (secondary N) is 2. The van der Waals surface area contributed by atoms with E-state index in [4.69, 9.17) is 9.84 Å². The van der Waals surface area contributed by atoms with Crippen LogP contribution in [0.3, 0.4) is 0 Å². The molecule has 1 unspecified atom stereocenters. The number of urea groups is 1. The van der Waals surface area contributed by atoms with Gasteiger partial charge in [-0.25, -0.2) is 4.79 Å². The first kappa shape index (κ1) is 16.8. The topological polar surface area (TPSA) is 87.7 Å². The second-order valence-electron chi connectivity index (χ2n) is 5.61. The summed E-state index contributed by atoms with van der Waals surface area (Å²) in [4.78, 5) is 22.6. The van der Waals surface area contributed by atoms with E-state index < -0.39 is 11.4 Å². The molecule has 116 valence electrons. The molecule has 6 nitrogen and oxygen atoms in total. The smallest absolute Gasteiger partial charge is 0.314 e. The van der Waals surface area contributed by atoms with Gasteiger partial charge in [-0.15, -0.1) is 0 Å². The van der Waals surface area contributed by atoms with Crippen LogP contribution in [0.15, 0.2) is 0 Å². The zero-order valence-electron chi connectivity index (χ0n) is 12.4. The summed E-state index contributed by atoms with van der Waals surface area (Å²) in [6, 6.07) is -0.346. The lowest BCUT2D eigenvalue weighted by Gasteiger charge is -2.23. The molecule has 3 N–H and O–H groups in total. The molecule has 1 rings (SSSR count). The third-order valence-electron chi connectivity index (χ3n) is 3.98. The second-order valence-corrected chi connectivity index (χ2v) is 5.61. The van der Waals surface area contributed by atoms with Crippen LogP contribution >= 0.6 is 0 Å². The maximum Gasteiger partial charge on any atom is 0.314 e. The first-order valence-electron chi connectivity index (χ1n) is 7.34. The van der Waals surface area contributed by atoms with E-state index in [2.05, 4.69) is 10.6 Å². The SMILES string of the molecule is CCC(C)(CNC(=O)NCCOC1CCCC1)C(=O)O. The van der Waals surface area contributed by atoms with Gasteiger partial charge in [0.05, 0.1) is 18.1 Å². The zero-order valence-corrected chi connectivity index (χ0v) is 12.4. The van der Waals surface area contributed by atoms with Gasteiger partial charge in [-0.05, 0) is 26.2 Å². The van der Waals surface area contributed by atoms with Crippen LogP contribution in [0.5, 0.6) is 0 Å². The van der Waals surface area contributed by atoms with Crippen LogP contribution in [0.4, 0.5) is 4.79 Å². The van der Waals surface area contributed by atoms with Gasteiger partial charge in [0.15, 0.2) is 0 Å². The summed E-state index contributed by atoms with van der Waals surface area (Å²) in [7, 11) is 0. The van der Waals surface area contributed by atoms with E-state index in [1.807, 2.05) is 0 Å². The minimum atomic E-state index is -0.919. The Bertz CT molecular complexity index is 329. The minimum Gasteiger partial charge on any atom is -0.481 e. The molecular weight excluding hydrogens is 260 g/mol. The standard InChI is InChI=1S/C14H26N2O4/c1-3-14(2,12(17)18)10-16-13(19)15-8-9-20-11-6-4-5-7-11/h11H,3-10H2,1-2H3,(H,17,18)(H2,15,16,19). The number of carbonyl (C=O) groups is 2. The Morgan fingerprint density at radius 1 is 1.30 bits per heavy atom. The van der Waals surface area contributed by atoms with Gasteiger partial charge < -0.3 is 20.5 Å². The highest BCUT2D eigenvalue weighted by Gasteiger charge is 2.31. The molecule has 0 aromatic heterocycles. The molecule has 1 atom stereocenters.